The normalized spacial score (nSPS) is 11.6. The summed E-state index contributed by atoms with van der Waals surface area (Å²) >= 11 is 0. The smallest absolute Gasteiger partial charge is 0.270 e. The lowest BCUT2D eigenvalue weighted by Crippen LogP contribution is -2.28. The van der Waals surface area contributed by atoms with Crippen LogP contribution in [-0.4, -0.2) is 29.9 Å². The molecule has 4 aromatic rings. The van der Waals surface area contributed by atoms with Gasteiger partial charge in [-0.15, -0.1) is 0 Å². The SMILES string of the molecule is COc1ccc(-n2nc(-c3cccc(OC)c3)cc2C(=O)NC(C)c2ccccc2)cc1. The minimum absolute atomic E-state index is 0.150. The minimum atomic E-state index is -0.209. The van der Waals surface area contributed by atoms with Crippen molar-refractivity contribution in [2.45, 2.75) is 13.0 Å². The fraction of sp³-hybridized carbons (Fsp3) is 0.154. The summed E-state index contributed by atoms with van der Waals surface area (Å²) in [7, 11) is 3.24. The van der Waals surface area contributed by atoms with Crippen LogP contribution in [0.25, 0.3) is 16.9 Å². The number of aromatic nitrogens is 2. The molecule has 0 aliphatic heterocycles. The van der Waals surface area contributed by atoms with Crippen LogP contribution in [0.1, 0.15) is 29.0 Å². The third kappa shape index (κ3) is 4.49. The van der Waals surface area contributed by atoms with Gasteiger partial charge in [-0.2, -0.15) is 5.10 Å². The highest BCUT2D eigenvalue weighted by Gasteiger charge is 2.20. The van der Waals surface area contributed by atoms with Crippen molar-refractivity contribution in [3.05, 3.63) is 96.2 Å². The molecule has 32 heavy (non-hydrogen) atoms. The lowest BCUT2D eigenvalue weighted by Gasteiger charge is -2.15. The fourth-order valence-electron chi connectivity index (χ4n) is 3.48. The van der Waals surface area contributed by atoms with Gasteiger partial charge in [0.05, 0.1) is 31.6 Å². The fourth-order valence-corrected chi connectivity index (χ4v) is 3.48. The van der Waals surface area contributed by atoms with Crippen LogP contribution in [-0.2, 0) is 0 Å². The zero-order valence-corrected chi connectivity index (χ0v) is 18.3. The van der Waals surface area contributed by atoms with E-state index in [1.54, 1.807) is 25.0 Å². The third-order valence-electron chi connectivity index (χ3n) is 5.27. The third-order valence-corrected chi connectivity index (χ3v) is 5.27. The lowest BCUT2D eigenvalue weighted by molar-refractivity contribution is 0.0932. The Morgan fingerprint density at radius 1 is 0.875 bits per heavy atom. The number of rotatable bonds is 7. The predicted molar refractivity (Wildman–Crippen MR) is 124 cm³/mol. The first-order chi connectivity index (χ1) is 15.6. The standard InChI is InChI=1S/C26H25N3O3/c1-18(19-8-5-4-6-9-19)27-26(30)25-17-24(20-10-7-11-23(16-20)32-3)28-29(25)21-12-14-22(31-2)15-13-21/h4-18H,1-3H3,(H,27,30). The Kier molecular flexibility index (Phi) is 6.22. The van der Waals surface area contributed by atoms with E-state index in [0.717, 1.165) is 28.3 Å². The van der Waals surface area contributed by atoms with Gasteiger partial charge in [-0.1, -0.05) is 42.5 Å². The van der Waals surface area contributed by atoms with Gasteiger partial charge in [-0.05, 0) is 55.0 Å². The van der Waals surface area contributed by atoms with Crippen LogP contribution in [0, 0.1) is 0 Å². The van der Waals surface area contributed by atoms with E-state index in [-0.39, 0.29) is 11.9 Å². The van der Waals surface area contributed by atoms with E-state index >= 15 is 0 Å². The van der Waals surface area contributed by atoms with Gasteiger partial charge in [-0.3, -0.25) is 4.79 Å². The quantitative estimate of drug-likeness (QED) is 0.448. The summed E-state index contributed by atoms with van der Waals surface area (Å²) in [6.45, 7) is 1.96. The van der Waals surface area contributed by atoms with Gasteiger partial charge in [0, 0.05) is 5.56 Å². The number of carbonyl (C=O) groups is 1. The first kappa shape index (κ1) is 21.2. The van der Waals surface area contributed by atoms with Crippen molar-refractivity contribution in [1.82, 2.24) is 15.1 Å². The van der Waals surface area contributed by atoms with Gasteiger partial charge >= 0.3 is 0 Å². The Labute approximate surface area is 187 Å². The molecule has 0 spiro atoms. The van der Waals surface area contributed by atoms with Gasteiger partial charge in [0.1, 0.15) is 17.2 Å². The zero-order valence-electron chi connectivity index (χ0n) is 18.3. The van der Waals surface area contributed by atoms with Crippen LogP contribution in [0.15, 0.2) is 84.9 Å². The summed E-state index contributed by atoms with van der Waals surface area (Å²) in [6, 6.07) is 26.6. The summed E-state index contributed by atoms with van der Waals surface area (Å²) in [5.74, 6) is 1.25. The Hall–Kier alpha value is -4.06. The molecule has 1 aromatic heterocycles. The molecule has 1 unspecified atom stereocenters. The molecule has 1 heterocycles. The molecule has 1 amide bonds. The maximum absolute atomic E-state index is 13.3. The number of hydrogen-bond acceptors (Lipinski definition) is 4. The molecule has 0 bridgehead atoms. The molecule has 1 N–H and O–H groups in total. The van der Waals surface area contributed by atoms with Crippen LogP contribution in [0.4, 0.5) is 0 Å². The van der Waals surface area contributed by atoms with Crippen LogP contribution >= 0.6 is 0 Å². The number of nitrogens with zero attached hydrogens (tertiary/aromatic N) is 2. The van der Waals surface area contributed by atoms with Crippen molar-refractivity contribution in [3.63, 3.8) is 0 Å². The van der Waals surface area contributed by atoms with E-state index in [4.69, 9.17) is 14.6 Å². The molecule has 0 saturated heterocycles. The number of carbonyl (C=O) groups excluding carboxylic acids is 1. The van der Waals surface area contributed by atoms with Crippen LogP contribution in [0.5, 0.6) is 11.5 Å². The molecule has 6 heteroatoms. The Bertz CT molecular complexity index is 1200. The monoisotopic (exact) mass is 427 g/mol. The van der Waals surface area contributed by atoms with E-state index < -0.39 is 0 Å². The topological polar surface area (TPSA) is 65.4 Å². The summed E-state index contributed by atoms with van der Waals surface area (Å²) in [4.78, 5) is 13.3. The highest BCUT2D eigenvalue weighted by atomic mass is 16.5. The molecule has 162 valence electrons. The van der Waals surface area contributed by atoms with Gasteiger partial charge in [0.2, 0.25) is 0 Å². The molecule has 0 saturated carbocycles. The maximum atomic E-state index is 13.3. The highest BCUT2D eigenvalue weighted by Crippen LogP contribution is 2.26. The average molecular weight is 428 g/mol. The van der Waals surface area contributed by atoms with Crippen LogP contribution < -0.4 is 14.8 Å². The van der Waals surface area contributed by atoms with E-state index in [2.05, 4.69) is 5.32 Å². The van der Waals surface area contributed by atoms with Crippen molar-refractivity contribution in [1.29, 1.82) is 0 Å². The maximum Gasteiger partial charge on any atom is 0.270 e. The summed E-state index contributed by atoms with van der Waals surface area (Å²) in [6.07, 6.45) is 0. The molecular formula is C26H25N3O3. The van der Waals surface area contributed by atoms with Crippen LogP contribution in [0.2, 0.25) is 0 Å². The van der Waals surface area contributed by atoms with Crippen molar-refractivity contribution >= 4 is 5.91 Å². The second kappa shape index (κ2) is 9.39. The molecule has 0 aliphatic carbocycles. The highest BCUT2D eigenvalue weighted by molar-refractivity contribution is 5.94. The van der Waals surface area contributed by atoms with Crippen LogP contribution in [0.3, 0.4) is 0 Å². The van der Waals surface area contributed by atoms with Gasteiger partial charge in [0.25, 0.3) is 5.91 Å². The first-order valence-electron chi connectivity index (χ1n) is 10.3. The number of nitrogens with one attached hydrogen (secondary N) is 1. The zero-order chi connectivity index (χ0) is 22.5. The number of hydrogen-bond donors (Lipinski definition) is 1. The molecule has 0 aliphatic rings. The van der Waals surface area contributed by atoms with Crippen molar-refractivity contribution in [3.8, 4) is 28.4 Å². The predicted octanol–water partition coefficient (Wildman–Crippen LogP) is 5.05. The molecule has 6 nitrogen and oxygen atoms in total. The van der Waals surface area contributed by atoms with Gasteiger partial charge < -0.3 is 14.8 Å². The number of ether oxygens (including phenoxy) is 2. The Balaban J connectivity index is 1.73. The van der Waals surface area contributed by atoms with Gasteiger partial charge in [0.15, 0.2) is 0 Å². The molecule has 4 rings (SSSR count). The molecule has 0 fully saturated rings. The van der Waals surface area contributed by atoms with Crippen molar-refractivity contribution < 1.29 is 14.3 Å². The summed E-state index contributed by atoms with van der Waals surface area (Å²) < 4.78 is 12.3. The molecule has 1 atom stereocenters. The number of methoxy groups -OCH3 is 2. The average Bonchev–Trinajstić information content (AvgIpc) is 3.30. The van der Waals surface area contributed by atoms with E-state index in [1.807, 2.05) is 85.8 Å². The van der Waals surface area contributed by atoms with E-state index in [1.165, 1.54) is 0 Å². The summed E-state index contributed by atoms with van der Waals surface area (Å²) in [5, 5.41) is 7.83. The largest absolute Gasteiger partial charge is 0.497 e. The minimum Gasteiger partial charge on any atom is -0.497 e. The Morgan fingerprint density at radius 3 is 2.28 bits per heavy atom. The second-order valence-electron chi connectivity index (χ2n) is 7.36. The van der Waals surface area contributed by atoms with Crippen molar-refractivity contribution in [2.24, 2.45) is 0 Å². The first-order valence-corrected chi connectivity index (χ1v) is 10.3. The molecule has 3 aromatic carbocycles. The van der Waals surface area contributed by atoms with E-state index in [9.17, 15) is 4.79 Å². The second-order valence-corrected chi connectivity index (χ2v) is 7.36. The lowest BCUT2D eigenvalue weighted by atomic mass is 10.1. The Morgan fingerprint density at radius 2 is 1.59 bits per heavy atom. The number of benzene rings is 3. The van der Waals surface area contributed by atoms with E-state index in [0.29, 0.717) is 11.4 Å². The number of amides is 1. The molecule has 0 radical (unpaired) electrons. The molecular weight excluding hydrogens is 402 g/mol. The summed E-state index contributed by atoms with van der Waals surface area (Å²) in [5.41, 5.74) is 3.77. The van der Waals surface area contributed by atoms with Gasteiger partial charge in [-0.25, -0.2) is 4.68 Å². The van der Waals surface area contributed by atoms with Crippen molar-refractivity contribution in [2.75, 3.05) is 14.2 Å².